The van der Waals surface area contributed by atoms with E-state index in [9.17, 15) is 0 Å². The average molecular weight is 377 g/mol. The molecule has 3 heterocycles. The second-order valence-corrected chi connectivity index (χ2v) is 9.07. The molecule has 3 unspecified atom stereocenters. The third-order valence-corrected chi connectivity index (χ3v) is 5.84. The smallest absolute Gasteiger partial charge is 0.190 e. The Labute approximate surface area is 163 Å². The normalized spacial score (nSPS) is 26.6. The first-order chi connectivity index (χ1) is 12.9. The Balaban J connectivity index is 1.48. The quantitative estimate of drug-likeness (QED) is 0.622. The van der Waals surface area contributed by atoms with Crippen molar-refractivity contribution in [2.24, 2.45) is 22.2 Å². The SMILES string of the molecule is CN=C(NCC1CCc2nnc(C)n2C1)NCC1CCCOC1C(C)(C)C. The number of hydrogen-bond donors (Lipinski definition) is 2. The van der Waals surface area contributed by atoms with Gasteiger partial charge < -0.3 is 19.9 Å². The van der Waals surface area contributed by atoms with Crippen LogP contribution in [0.2, 0.25) is 0 Å². The molecule has 2 aliphatic rings. The topological polar surface area (TPSA) is 76.4 Å². The highest BCUT2D eigenvalue weighted by Gasteiger charge is 2.35. The molecule has 152 valence electrons. The molecular formula is C20H36N6O. The third-order valence-electron chi connectivity index (χ3n) is 5.84. The highest BCUT2D eigenvalue weighted by molar-refractivity contribution is 5.79. The second kappa shape index (κ2) is 8.59. The zero-order chi connectivity index (χ0) is 19.4. The Morgan fingerprint density at radius 1 is 1.22 bits per heavy atom. The van der Waals surface area contributed by atoms with Gasteiger partial charge >= 0.3 is 0 Å². The fourth-order valence-electron chi connectivity index (χ4n) is 4.40. The molecule has 1 aromatic heterocycles. The van der Waals surface area contributed by atoms with Gasteiger partial charge in [0, 0.05) is 45.6 Å². The van der Waals surface area contributed by atoms with Gasteiger partial charge in [-0.25, -0.2) is 0 Å². The van der Waals surface area contributed by atoms with E-state index in [1.807, 2.05) is 14.0 Å². The molecule has 1 fully saturated rings. The number of guanidine groups is 1. The van der Waals surface area contributed by atoms with E-state index in [1.165, 1.54) is 6.42 Å². The summed E-state index contributed by atoms with van der Waals surface area (Å²) < 4.78 is 8.35. The number of aromatic nitrogens is 3. The molecule has 0 amide bonds. The van der Waals surface area contributed by atoms with Crippen LogP contribution in [0.3, 0.4) is 0 Å². The maximum Gasteiger partial charge on any atom is 0.190 e. The van der Waals surface area contributed by atoms with Crippen LogP contribution in [0.15, 0.2) is 4.99 Å². The summed E-state index contributed by atoms with van der Waals surface area (Å²) in [6, 6.07) is 0. The van der Waals surface area contributed by atoms with E-state index in [-0.39, 0.29) is 5.41 Å². The summed E-state index contributed by atoms with van der Waals surface area (Å²) >= 11 is 0. The van der Waals surface area contributed by atoms with Gasteiger partial charge in [-0.1, -0.05) is 20.8 Å². The van der Waals surface area contributed by atoms with Crippen molar-refractivity contribution in [1.82, 2.24) is 25.4 Å². The molecule has 2 aliphatic heterocycles. The van der Waals surface area contributed by atoms with Crippen molar-refractivity contribution in [1.29, 1.82) is 0 Å². The van der Waals surface area contributed by atoms with E-state index in [0.717, 1.165) is 63.1 Å². The molecule has 1 aromatic rings. The summed E-state index contributed by atoms with van der Waals surface area (Å²) in [5.41, 5.74) is 0.167. The van der Waals surface area contributed by atoms with Gasteiger partial charge in [-0.3, -0.25) is 4.99 Å². The Kier molecular flexibility index (Phi) is 6.40. The first-order valence-electron chi connectivity index (χ1n) is 10.3. The van der Waals surface area contributed by atoms with Gasteiger partial charge in [-0.2, -0.15) is 0 Å². The number of ether oxygens (including phenoxy) is 1. The van der Waals surface area contributed by atoms with Crippen molar-refractivity contribution in [2.45, 2.75) is 66.0 Å². The van der Waals surface area contributed by atoms with E-state index in [1.54, 1.807) is 0 Å². The molecule has 3 atom stereocenters. The van der Waals surface area contributed by atoms with Crippen LogP contribution in [0.4, 0.5) is 0 Å². The van der Waals surface area contributed by atoms with Gasteiger partial charge in [0.1, 0.15) is 11.6 Å². The predicted octanol–water partition coefficient (Wildman–Crippen LogP) is 2.16. The van der Waals surface area contributed by atoms with Crippen molar-refractivity contribution in [3.05, 3.63) is 11.6 Å². The lowest BCUT2D eigenvalue weighted by atomic mass is 9.78. The van der Waals surface area contributed by atoms with Crippen molar-refractivity contribution in [2.75, 3.05) is 26.7 Å². The fourth-order valence-corrected chi connectivity index (χ4v) is 4.40. The van der Waals surface area contributed by atoms with Crippen LogP contribution >= 0.6 is 0 Å². The van der Waals surface area contributed by atoms with Crippen LogP contribution in [0.25, 0.3) is 0 Å². The maximum absolute atomic E-state index is 6.10. The van der Waals surface area contributed by atoms with Crippen LogP contribution < -0.4 is 10.6 Å². The predicted molar refractivity (Wildman–Crippen MR) is 108 cm³/mol. The Bertz CT molecular complexity index is 647. The van der Waals surface area contributed by atoms with E-state index in [0.29, 0.717) is 17.9 Å². The molecule has 1 saturated heterocycles. The van der Waals surface area contributed by atoms with Gasteiger partial charge in [-0.15, -0.1) is 10.2 Å². The van der Waals surface area contributed by atoms with Gasteiger partial charge in [0.2, 0.25) is 0 Å². The van der Waals surface area contributed by atoms with Gasteiger partial charge in [0.25, 0.3) is 0 Å². The molecule has 0 radical (unpaired) electrons. The molecule has 0 spiro atoms. The van der Waals surface area contributed by atoms with Crippen LogP contribution in [0, 0.1) is 24.2 Å². The zero-order valence-electron chi connectivity index (χ0n) is 17.6. The van der Waals surface area contributed by atoms with Crippen LogP contribution in [-0.4, -0.2) is 53.6 Å². The third kappa shape index (κ3) is 5.00. The number of nitrogens with zero attached hydrogens (tertiary/aromatic N) is 4. The molecule has 7 nitrogen and oxygen atoms in total. The molecule has 0 saturated carbocycles. The van der Waals surface area contributed by atoms with Crippen molar-refractivity contribution >= 4 is 5.96 Å². The molecule has 7 heteroatoms. The van der Waals surface area contributed by atoms with Crippen molar-refractivity contribution < 1.29 is 4.74 Å². The summed E-state index contributed by atoms with van der Waals surface area (Å²) in [6.07, 6.45) is 4.81. The molecule has 27 heavy (non-hydrogen) atoms. The van der Waals surface area contributed by atoms with Gasteiger partial charge in [0.05, 0.1) is 6.10 Å². The van der Waals surface area contributed by atoms with Crippen LogP contribution in [0.1, 0.15) is 51.7 Å². The summed E-state index contributed by atoms with van der Waals surface area (Å²) in [6.45, 7) is 12.5. The van der Waals surface area contributed by atoms with E-state index in [4.69, 9.17) is 4.74 Å². The zero-order valence-corrected chi connectivity index (χ0v) is 17.6. The van der Waals surface area contributed by atoms with Crippen molar-refractivity contribution in [3.8, 4) is 0 Å². The maximum atomic E-state index is 6.10. The summed E-state index contributed by atoms with van der Waals surface area (Å²) in [4.78, 5) is 4.42. The number of aliphatic imine (C=N–C) groups is 1. The summed E-state index contributed by atoms with van der Waals surface area (Å²) in [5, 5.41) is 15.5. The minimum Gasteiger partial charge on any atom is -0.377 e. The number of hydrogen-bond acceptors (Lipinski definition) is 4. The van der Waals surface area contributed by atoms with E-state index < -0.39 is 0 Å². The summed E-state index contributed by atoms with van der Waals surface area (Å²) in [5.74, 6) is 4.12. The Morgan fingerprint density at radius 3 is 2.74 bits per heavy atom. The monoisotopic (exact) mass is 376 g/mol. The molecule has 0 aromatic carbocycles. The Morgan fingerprint density at radius 2 is 2.00 bits per heavy atom. The molecular weight excluding hydrogens is 340 g/mol. The number of rotatable bonds is 4. The van der Waals surface area contributed by atoms with E-state index >= 15 is 0 Å². The number of aryl methyl sites for hydroxylation is 2. The number of nitrogens with one attached hydrogen (secondary N) is 2. The standard InChI is InChI=1S/C20H36N6O/c1-14-24-25-17-9-8-15(13-26(14)17)11-22-19(21-5)23-12-16-7-6-10-27-18(16)20(2,3)4/h15-16,18H,6-13H2,1-5H3,(H2,21,22,23). The fraction of sp³-hybridized carbons (Fsp3) is 0.850. The van der Waals surface area contributed by atoms with Gasteiger partial charge in [-0.05, 0) is 37.5 Å². The van der Waals surface area contributed by atoms with Crippen LogP contribution in [-0.2, 0) is 17.7 Å². The first kappa shape index (κ1) is 20.1. The average Bonchev–Trinajstić information content (AvgIpc) is 3.02. The highest BCUT2D eigenvalue weighted by Crippen LogP contribution is 2.33. The van der Waals surface area contributed by atoms with Crippen molar-refractivity contribution in [3.63, 3.8) is 0 Å². The lowest BCUT2D eigenvalue weighted by molar-refractivity contribution is -0.0835. The molecule has 2 N–H and O–H groups in total. The minimum absolute atomic E-state index is 0.167. The van der Waals surface area contributed by atoms with E-state index in [2.05, 4.69) is 51.2 Å². The second-order valence-electron chi connectivity index (χ2n) is 9.07. The highest BCUT2D eigenvalue weighted by atomic mass is 16.5. The van der Waals surface area contributed by atoms with Crippen LogP contribution in [0.5, 0.6) is 0 Å². The Hall–Kier alpha value is -1.63. The minimum atomic E-state index is 0.167. The lowest BCUT2D eigenvalue weighted by Crippen LogP contribution is -2.48. The molecule has 0 bridgehead atoms. The van der Waals surface area contributed by atoms with Gasteiger partial charge in [0.15, 0.2) is 5.96 Å². The number of fused-ring (bicyclic) bond motifs is 1. The lowest BCUT2D eigenvalue weighted by Gasteiger charge is -2.40. The summed E-state index contributed by atoms with van der Waals surface area (Å²) in [7, 11) is 1.84. The first-order valence-corrected chi connectivity index (χ1v) is 10.3. The molecule has 3 rings (SSSR count). The molecule has 0 aliphatic carbocycles. The largest absolute Gasteiger partial charge is 0.377 e.